The molecule has 6 heteroatoms. The molecule has 0 aliphatic heterocycles. The van der Waals surface area contributed by atoms with Gasteiger partial charge in [0.1, 0.15) is 0 Å². The third-order valence-corrected chi connectivity index (χ3v) is 2.62. The number of hydrogen-bond donors (Lipinski definition) is 1. The van der Waals surface area contributed by atoms with E-state index in [9.17, 15) is 13.2 Å². The molecule has 0 saturated carbocycles. The first-order chi connectivity index (χ1) is 8.41. The van der Waals surface area contributed by atoms with Crippen LogP contribution < -0.4 is 5.73 Å². The van der Waals surface area contributed by atoms with Gasteiger partial charge in [-0.05, 0) is 30.2 Å². The normalized spacial score (nSPS) is 11.8. The van der Waals surface area contributed by atoms with Crippen LogP contribution in [-0.4, -0.2) is 9.78 Å². The molecule has 3 nitrogen and oxygen atoms in total. The van der Waals surface area contributed by atoms with Gasteiger partial charge in [-0.1, -0.05) is 12.1 Å². The van der Waals surface area contributed by atoms with E-state index in [1.54, 1.807) is 12.1 Å². The summed E-state index contributed by atoms with van der Waals surface area (Å²) in [6.07, 6.45) is -3.12. The average Bonchev–Trinajstić information content (AvgIpc) is 2.77. The van der Waals surface area contributed by atoms with E-state index in [1.807, 2.05) is 13.0 Å². The monoisotopic (exact) mass is 255 g/mol. The van der Waals surface area contributed by atoms with Crippen molar-refractivity contribution in [3.05, 3.63) is 47.3 Å². The Kier molecular flexibility index (Phi) is 3.13. The fraction of sp³-hybridized carbons (Fsp3) is 0.250. The second-order valence-corrected chi connectivity index (χ2v) is 3.97. The third-order valence-electron chi connectivity index (χ3n) is 2.62. The van der Waals surface area contributed by atoms with Gasteiger partial charge in [0.25, 0.3) is 0 Å². The van der Waals surface area contributed by atoms with Gasteiger partial charge in [-0.3, -0.25) is 0 Å². The van der Waals surface area contributed by atoms with Crippen molar-refractivity contribution in [3.63, 3.8) is 0 Å². The minimum atomic E-state index is -4.42. The van der Waals surface area contributed by atoms with Crippen LogP contribution in [0.25, 0.3) is 5.69 Å². The van der Waals surface area contributed by atoms with E-state index in [0.29, 0.717) is 12.2 Å². The van der Waals surface area contributed by atoms with Crippen LogP contribution in [0, 0.1) is 6.92 Å². The molecule has 0 saturated heterocycles. The molecule has 0 unspecified atom stereocenters. The average molecular weight is 255 g/mol. The van der Waals surface area contributed by atoms with Crippen LogP contribution >= 0.6 is 0 Å². The van der Waals surface area contributed by atoms with E-state index in [0.717, 1.165) is 17.2 Å². The van der Waals surface area contributed by atoms with E-state index in [2.05, 4.69) is 5.10 Å². The van der Waals surface area contributed by atoms with Crippen molar-refractivity contribution < 1.29 is 13.2 Å². The van der Waals surface area contributed by atoms with Gasteiger partial charge in [-0.15, -0.1) is 0 Å². The Morgan fingerprint density at radius 1 is 1.28 bits per heavy atom. The van der Waals surface area contributed by atoms with E-state index >= 15 is 0 Å². The summed E-state index contributed by atoms with van der Waals surface area (Å²) in [5.41, 5.74) is 6.97. The van der Waals surface area contributed by atoms with E-state index in [1.165, 1.54) is 10.9 Å². The Bertz CT molecular complexity index is 558. The largest absolute Gasteiger partial charge is 0.435 e. The molecule has 0 radical (unpaired) electrons. The number of halogens is 3. The molecule has 0 fully saturated rings. The lowest BCUT2D eigenvalue weighted by Gasteiger charge is -2.08. The van der Waals surface area contributed by atoms with Crippen molar-refractivity contribution in [1.29, 1.82) is 0 Å². The Hall–Kier alpha value is -1.82. The number of hydrogen-bond acceptors (Lipinski definition) is 2. The molecule has 0 aliphatic carbocycles. The van der Waals surface area contributed by atoms with Crippen LogP contribution in [-0.2, 0) is 12.7 Å². The minimum absolute atomic E-state index is 0.397. The van der Waals surface area contributed by atoms with Crippen molar-refractivity contribution >= 4 is 0 Å². The maximum atomic E-state index is 12.4. The highest BCUT2D eigenvalue weighted by Gasteiger charge is 2.33. The van der Waals surface area contributed by atoms with Gasteiger partial charge >= 0.3 is 6.18 Å². The first-order valence-corrected chi connectivity index (χ1v) is 5.34. The fourth-order valence-corrected chi connectivity index (χ4v) is 1.71. The molecule has 18 heavy (non-hydrogen) atoms. The molecular weight excluding hydrogens is 243 g/mol. The molecule has 0 aliphatic rings. The number of rotatable bonds is 2. The molecule has 0 amide bonds. The first kappa shape index (κ1) is 12.6. The lowest BCUT2D eigenvalue weighted by atomic mass is 10.1. The quantitative estimate of drug-likeness (QED) is 0.896. The first-order valence-electron chi connectivity index (χ1n) is 5.34. The van der Waals surface area contributed by atoms with Crippen molar-refractivity contribution in [2.75, 3.05) is 0 Å². The van der Waals surface area contributed by atoms with Crippen LogP contribution in [0.1, 0.15) is 16.8 Å². The van der Waals surface area contributed by atoms with Crippen LogP contribution in [0.4, 0.5) is 13.2 Å². The predicted octanol–water partition coefficient (Wildman–Crippen LogP) is 2.66. The zero-order valence-corrected chi connectivity index (χ0v) is 9.70. The summed E-state index contributed by atoms with van der Waals surface area (Å²) in [7, 11) is 0. The van der Waals surface area contributed by atoms with Gasteiger partial charge in [0, 0.05) is 12.7 Å². The van der Waals surface area contributed by atoms with Gasteiger partial charge in [0.15, 0.2) is 5.69 Å². The molecule has 0 atom stereocenters. The molecule has 2 aromatic rings. The minimum Gasteiger partial charge on any atom is -0.326 e. The fourth-order valence-electron chi connectivity index (χ4n) is 1.71. The highest BCUT2D eigenvalue weighted by molar-refractivity contribution is 5.42. The van der Waals surface area contributed by atoms with E-state index < -0.39 is 11.9 Å². The highest BCUT2D eigenvalue weighted by atomic mass is 19.4. The van der Waals surface area contributed by atoms with Gasteiger partial charge in [0.2, 0.25) is 0 Å². The summed E-state index contributed by atoms with van der Waals surface area (Å²) in [4.78, 5) is 0. The maximum absolute atomic E-state index is 12.4. The predicted molar refractivity (Wildman–Crippen MR) is 61.2 cm³/mol. The van der Waals surface area contributed by atoms with Crippen molar-refractivity contribution in [2.24, 2.45) is 5.73 Å². The highest BCUT2D eigenvalue weighted by Crippen LogP contribution is 2.28. The number of benzene rings is 1. The summed E-state index contributed by atoms with van der Waals surface area (Å²) in [5, 5.41) is 3.53. The van der Waals surface area contributed by atoms with Crippen LogP contribution in [0.2, 0.25) is 0 Å². The zero-order chi connectivity index (χ0) is 13.3. The van der Waals surface area contributed by atoms with Crippen molar-refractivity contribution in [3.8, 4) is 5.69 Å². The number of alkyl halides is 3. The molecule has 1 aromatic heterocycles. The second-order valence-electron chi connectivity index (χ2n) is 3.97. The van der Waals surface area contributed by atoms with Gasteiger partial charge in [-0.2, -0.15) is 18.3 Å². The molecule has 0 bridgehead atoms. The maximum Gasteiger partial charge on any atom is 0.435 e. The molecule has 1 aromatic carbocycles. The summed E-state index contributed by atoms with van der Waals surface area (Å²) in [5.74, 6) is 0. The van der Waals surface area contributed by atoms with Crippen molar-refractivity contribution in [1.82, 2.24) is 9.78 Å². The van der Waals surface area contributed by atoms with Crippen LogP contribution in [0.15, 0.2) is 30.5 Å². The van der Waals surface area contributed by atoms with E-state index in [-0.39, 0.29) is 0 Å². The summed E-state index contributed by atoms with van der Waals surface area (Å²) >= 11 is 0. The lowest BCUT2D eigenvalue weighted by molar-refractivity contribution is -0.141. The number of aryl methyl sites for hydroxylation is 1. The number of nitrogens with zero attached hydrogens (tertiary/aromatic N) is 2. The number of nitrogens with two attached hydrogens (primary N) is 1. The standard InChI is InChI=1S/C12H12F3N3/c1-8-6-9(7-16)2-3-10(8)18-5-4-11(17-18)12(13,14)15/h2-6H,7,16H2,1H3. The molecule has 0 spiro atoms. The van der Waals surface area contributed by atoms with Crippen LogP contribution in [0.3, 0.4) is 0 Å². The second kappa shape index (κ2) is 4.45. The summed E-state index contributed by atoms with van der Waals surface area (Å²) in [6, 6.07) is 6.28. The zero-order valence-electron chi connectivity index (χ0n) is 9.70. The van der Waals surface area contributed by atoms with Gasteiger partial charge < -0.3 is 5.73 Å². The SMILES string of the molecule is Cc1cc(CN)ccc1-n1ccc(C(F)(F)F)n1. The Labute approximate surface area is 102 Å². The summed E-state index contributed by atoms with van der Waals surface area (Å²) < 4.78 is 38.6. The molecular formula is C12H12F3N3. The molecule has 2 N–H and O–H groups in total. The number of aromatic nitrogens is 2. The molecule has 96 valence electrons. The van der Waals surface area contributed by atoms with Gasteiger partial charge in [0.05, 0.1) is 5.69 Å². The van der Waals surface area contributed by atoms with Crippen LogP contribution in [0.5, 0.6) is 0 Å². The van der Waals surface area contributed by atoms with E-state index in [4.69, 9.17) is 5.73 Å². The smallest absolute Gasteiger partial charge is 0.326 e. The third kappa shape index (κ3) is 2.38. The van der Waals surface area contributed by atoms with Crippen molar-refractivity contribution in [2.45, 2.75) is 19.6 Å². The lowest BCUT2D eigenvalue weighted by Crippen LogP contribution is -2.08. The topological polar surface area (TPSA) is 43.8 Å². The Balaban J connectivity index is 2.40. The Morgan fingerprint density at radius 3 is 2.50 bits per heavy atom. The van der Waals surface area contributed by atoms with Gasteiger partial charge in [-0.25, -0.2) is 4.68 Å². The molecule has 1 heterocycles. The Morgan fingerprint density at radius 2 is 2.00 bits per heavy atom. The summed E-state index contributed by atoms with van der Waals surface area (Å²) in [6.45, 7) is 2.21. The molecule has 2 rings (SSSR count).